The van der Waals surface area contributed by atoms with Crippen molar-refractivity contribution in [1.29, 1.82) is 0 Å². The second-order valence-corrected chi connectivity index (χ2v) is 6.26. The van der Waals surface area contributed by atoms with E-state index in [-0.39, 0.29) is 11.8 Å². The fourth-order valence-corrected chi connectivity index (χ4v) is 3.37. The smallest absolute Gasteiger partial charge is 0.220 e. The van der Waals surface area contributed by atoms with Crippen LogP contribution in [0.3, 0.4) is 0 Å². The number of methoxy groups -OCH3 is 2. The number of benzene rings is 1. The third-order valence-electron chi connectivity index (χ3n) is 4.09. The summed E-state index contributed by atoms with van der Waals surface area (Å²) in [4.78, 5) is 12.7. The first-order valence-corrected chi connectivity index (χ1v) is 7.87. The highest BCUT2D eigenvalue weighted by Gasteiger charge is 2.26. The molecular weight excluding hydrogens is 336 g/mol. The predicted octanol–water partition coefficient (Wildman–Crippen LogP) is 0.746. The molecule has 1 aliphatic rings. The Morgan fingerprint density at radius 1 is 1.29 bits per heavy atom. The highest BCUT2D eigenvalue weighted by atomic mass is 79.9. The van der Waals surface area contributed by atoms with Gasteiger partial charge in [0.05, 0.1) is 31.8 Å². The minimum atomic E-state index is -0.168. The molecule has 1 aromatic carbocycles. The fraction of sp³-hybridized carbons (Fsp3) is 0.533. The summed E-state index contributed by atoms with van der Waals surface area (Å²) in [6.45, 7) is 2.79. The summed E-state index contributed by atoms with van der Waals surface area (Å²) in [5.41, 5.74) is 6.51. The SMILES string of the molecule is COc1cc(OC)c(C[NH+]2CCC(C(N)=O)CC2)cc1Br. The highest BCUT2D eigenvalue weighted by molar-refractivity contribution is 9.10. The first-order chi connectivity index (χ1) is 10.0. The molecule has 6 heteroatoms. The lowest BCUT2D eigenvalue weighted by Crippen LogP contribution is -3.11. The third-order valence-corrected chi connectivity index (χ3v) is 4.71. The molecule has 2 rings (SSSR count). The van der Waals surface area contributed by atoms with Crippen molar-refractivity contribution < 1.29 is 19.2 Å². The van der Waals surface area contributed by atoms with E-state index in [9.17, 15) is 4.79 Å². The number of nitrogens with two attached hydrogens (primary N) is 1. The van der Waals surface area contributed by atoms with Crippen molar-refractivity contribution in [3.63, 3.8) is 0 Å². The zero-order chi connectivity index (χ0) is 15.4. The number of rotatable bonds is 5. The van der Waals surface area contributed by atoms with Crippen LogP contribution in [0.15, 0.2) is 16.6 Å². The lowest BCUT2D eigenvalue weighted by molar-refractivity contribution is -0.919. The number of likely N-dealkylation sites (tertiary alicyclic amines) is 1. The van der Waals surface area contributed by atoms with Crippen LogP contribution in [0.4, 0.5) is 0 Å². The van der Waals surface area contributed by atoms with E-state index in [0.717, 1.165) is 54.0 Å². The van der Waals surface area contributed by atoms with Gasteiger partial charge in [0.1, 0.15) is 18.0 Å². The number of primary amides is 1. The van der Waals surface area contributed by atoms with Crippen LogP contribution in [-0.4, -0.2) is 33.2 Å². The first kappa shape index (κ1) is 16.1. The number of ether oxygens (including phenoxy) is 2. The molecule has 0 radical (unpaired) electrons. The molecule has 5 nitrogen and oxygen atoms in total. The van der Waals surface area contributed by atoms with Gasteiger partial charge in [-0.3, -0.25) is 4.79 Å². The van der Waals surface area contributed by atoms with E-state index in [4.69, 9.17) is 15.2 Å². The largest absolute Gasteiger partial charge is 0.496 e. The maximum Gasteiger partial charge on any atom is 0.220 e. The van der Waals surface area contributed by atoms with Crippen molar-refractivity contribution in [1.82, 2.24) is 0 Å². The molecule has 0 saturated carbocycles. The van der Waals surface area contributed by atoms with Crippen LogP contribution in [0.1, 0.15) is 18.4 Å². The molecule has 1 amide bonds. The normalized spacial score (nSPS) is 21.9. The van der Waals surface area contributed by atoms with Gasteiger partial charge in [0.15, 0.2) is 0 Å². The molecular formula is C15H22BrN2O3+. The molecule has 1 heterocycles. The molecule has 1 aliphatic heterocycles. The van der Waals surface area contributed by atoms with Crippen molar-refractivity contribution in [2.24, 2.45) is 11.7 Å². The zero-order valence-electron chi connectivity index (χ0n) is 12.4. The summed E-state index contributed by atoms with van der Waals surface area (Å²) < 4.78 is 11.7. The number of quaternary nitrogens is 1. The van der Waals surface area contributed by atoms with Gasteiger partial charge in [-0.1, -0.05) is 0 Å². The Balaban J connectivity index is 2.06. The Morgan fingerprint density at radius 3 is 2.43 bits per heavy atom. The molecule has 0 spiro atoms. The molecule has 1 saturated heterocycles. The molecule has 0 bridgehead atoms. The lowest BCUT2D eigenvalue weighted by Gasteiger charge is -2.28. The highest BCUT2D eigenvalue weighted by Crippen LogP contribution is 2.32. The average molecular weight is 358 g/mol. The van der Waals surface area contributed by atoms with Gasteiger partial charge in [0.25, 0.3) is 0 Å². The monoisotopic (exact) mass is 357 g/mol. The van der Waals surface area contributed by atoms with Crippen LogP contribution < -0.4 is 20.1 Å². The van der Waals surface area contributed by atoms with Crippen molar-refractivity contribution in [2.75, 3.05) is 27.3 Å². The maximum atomic E-state index is 11.2. The molecule has 1 aromatic rings. The van der Waals surface area contributed by atoms with Gasteiger partial charge >= 0.3 is 0 Å². The van der Waals surface area contributed by atoms with Gasteiger partial charge in [0.2, 0.25) is 5.91 Å². The quantitative estimate of drug-likeness (QED) is 0.816. The van der Waals surface area contributed by atoms with Gasteiger partial charge < -0.3 is 20.1 Å². The summed E-state index contributed by atoms with van der Waals surface area (Å²) >= 11 is 3.51. The van der Waals surface area contributed by atoms with Gasteiger partial charge in [-0.05, 0) is 22.0 Å². The number of hydrogen-bond donors (Lipinski definition) is 2. The average Bonchev–Trinajstić information content (AvgIpc) is 2.48. The molecule has 1 fully saturated rings. The molecule has 0 atom stereocenters. The van der Waals surface area contributed by atoms with Crippen LogP contribution in [0.5, 0.6) is 11.5 Å². The molecule has 116 valence electrons. The standard InChI is InChI=1S/C15H21BrN2O3/c1-20-13-8-14(21-2)12(16)7-11(13)9-18-5-3-10(4-6-18)15(17)19/h7-8,10H,3-6,9H2,1-2H3,(H2,17,19)/p+1. The molecule has 0 unspecified atom stereocenters. The number of hydrogen-bond acceptors (Lipinski definition) is 3. The summed E-state index contributed by atoms with van der Waals surface area (Å²) in [5.74, 6) is 1.47. The van der Waals surface area contributed by atoms with Crippen LogP contribution in [0, 0.1) is 5.92 Å². The van der Waals surface area contributed by atoms with E-state index >= 15 is 0 Å². The van der Waals surface area contributed by atoms with Crippen LogP contribution in [-0.2, 0) is 11.3 Å². The van der Waals surface area contributed by atoms with Gasteiger partial charge in [-0.2, -0.15) is 0 Å². The molecule has 0 aliphatic carbocycles. The van der Waals surface area contributed by atoms with E-state index in [1.165, 1.54) is 4.90 Å². The Kier molecular flexibility index (Phi) is 5.47. The Morgan fingerprint density at radius 2 is 1.90 bits per heavy atom. The Labute approximate surface area is 133 Å². The number of piperidine rings is 1. The van der Waals surface area contributed by atoms with Crippen molar-refractivity contribution in [3.8, 4) is 11.5 Å². The predicted molar refractivity (Wildman–Crippen MR) is 83.6 cm³/mol. The van der Waals surface area contributed by atoms with E-state index in [1.807, 2.05) is 12.1 Å². The summed E-state index contributed by atoms with van der Waals surface area (Å²) in [5, 5.41) is 0. The second-order valence-electron chi connectivity index (χ2n) is 5.40. The van der Waals surface area contributed by atoms with E-state index in [1.54, 1.807) is 14.2 Å². The minimum absolute atomic E-state index is 0.0400. The summed E-state index contributed by atoms with van der Waals surface area (Å²) in [6.07, 6.45) is 1.73. The fourth-order valence-electron chi connectivity index (χ4n) is 2.82. The second kappa shape index (κ2) is 7.13. The van der Waals surface area contributed by atoms with Crippen LogP contribution >= 0.6 is 15.9 Å². The van der Waals surface area contributed by atoms with E-state index in [2.05, 4.69) is 15.9 Å². The third kappa shape index (κ3) is 3.89. The topological polar surface area (TPSA) is 66.0 Å². The number of amides is 1. The van der Waals surface area contributed by atoms with Gasteiger partial charge in [-0.15, -0.1) is 0 Å². The summed E-state index contributed by atoms with van der Waals surface area (Å²) in [7, 11) is 3.31. The van der Waals surface area contributed by atoms with Crippen molar-refractivity contribution in [2.45, 2.75) is 19.4 Å². The molecule has 3 N–H and O–H groups in total. The number of carbonyl (C=O) groups excluding carboxylic acids is 1. The number of halogens is 1. The van der Waals surface area contributed by atoms with Gasteiger partial charge in [0, 0.05) is 30.4 Å². The lowest BCUT2D eigenvalue weighted by atomic mass is 9.96. The molecule has 0 aromatic heterocycles. The van der Waals surface area contributed by atoms with Crippen molar-refractivity contribution >= 4 is 21.8 Å². The van der Waals surface area contributed by atoms with Crippen molar-refractivity contribution in [3.05, 3.63) is 22.2 Å². The zero-order valence-corrected chi connectivity index (χ0v) is 14.0. The number of carbonyl (C=O) groups is 1. The first-order valence-electron chi connectivity index (χ1n) is 7.08. The molecule has 21 heavy (non-hydrogen) atoms. The Hall–Kier alpha value is -1.27. The summed E-state index contributed by atoms with van der Waals surface area (Å²) in [6, 6.07) is 3.94. The number of nitrogens with one attached hydrogen (secondary N) is 1. The Bertz CT molecular complexity index is 514. The maximum absolute atomic E-state index is 11.2. The van der Waals surface area contributed by atoms with E-state index in [0.29, 0.717) is 0 Å². The van der Waals surface area contributed by atoms with E-state index < -0.39 is 0 Å². The minimum Gasteiger partial charge on any atom is -0.496 e. The van der Waals surface area contributed by atoms with Crippen LogP contribution in [0.2, 0.25) is 0 Å². The van der Waals surface area contributed by atoms with Crippen LogP contribution in [0.25, 0.3) is 0 Å². The van der Waals surface area contributed by atoms with Gasteiger partial charge in [-0.25, -0.2) is 0 Å².